The van der Waals surface area contributed by atoms with Crippen LogP contribution in [0.15, 0.2) is 127 Å². The van der Waals surface area contributed by atoms with Gasteiger partial charge in [-0.3, -0.25) is 19.2 Å². The molecule has 0 fully saturated rings. The smallest absolute Gasteiger partial charge is 0.320 e. The second kappa shape index (κ2) is 30.6. The Morgan fingerprint density at radius 2 is 0.931 bits per heavy atom. The van der Waals surface area contributed by atoms with Gasteiger partial charge in [0.2, 0.25) is 0 Å². The van der Waals surface area contributed by atoms with Crippen molar-refractivity contribution in [3.05, 3.63) is 189 Å². The molecular formula is C68H79BrN10O7S. The number of fused-ring (bicyclic) bond motifs is 5. The van der Waals surface area contributed by atoms with Gasteiger partial charge in [-0.1, -0.05) is 90.1 Å². The first-order valence-electron chi connectivity index (χ1n) is 28.9. The number of phenolic OH excluding ortho intramolecular Hbond substituents is 1. The Hall–Kier alpha value is -8.65. The number of halogens is 1. The summed E-state index contributed by atoms with van der Waals surface area (Å²) in [6.45, 7) is 16.2. The number of carboxylic acid groups (broad SMARTS) is 2. The molecule has 87 heavy (non-hydrogen) atoms. The van der Waals surface area contributed by atoms with E-state index in [1.807, 2.05) is 63.7 Å². The van der Waals surface area contributed by atoms with E-state index in [4.69, 9.17) is 21.5 Å². The number of benzene rings is 5. The van der Waals surface area contributed by atoms with Crippen LogP contribution >= 0.6 is 27.3 Å². The molecule has 19 heteroatoms. The van der Waals surface area contributed by atoms with E-state index in [-0.39, 0.29) is 48.0 Å². The Labute approximate surface area is 518 Å². The van der Waals surface area contributed by atoms with Crippen molar-refractivity contribution in [3.8, 4) is 5.75 Å². The fourth-order valence-corrected chi connectivity index (χ4v) is 11.6. The lowest BCUT2D eigenvalue weighted by Gasteiger charge is -2.08. The van der Waals surface area contributed by atoms with Crippen molar-refractivity contribution in [2.45, 2.75) is 99.5 Å². The summed E-state index contributed by atoms with van der Waals surface area (Å²) >= 11 is 4.89. The van der Waals surface area contributed by atoms with Crippen molar-refractivity contribution >= 4 is 110 Å². The number of aromatic hydroxyl groups is 1. The molecule has 0 bridgehead atoms. The van der Waals surface area contributed by atoms with Gasteiger partial charge < -0.3 is 61.9 Å². The molecule has 456 valence electrons. The maximum atomic E-state index is 11.6. The zero-order valence-electron chi connectivity index (χ0n) is 50.7. The summed E-state index contributed by atoms with van der Waals surface area (Å²) in [4.78, 5) is 65.3. The zero-order chi connectivity index (χ0) is 63.1. The lowest BCUT2D eigenvalue weighted by Crippen LogP contribution is -2.66. The van der Waals surface area contributed by atoms with Gasteiger partial charge in [0.25, 0.3) is 0 Å². The van der Waals surface area contributed by atoms with Crippen LogP contribution in [0.5, 0.6) is 5.75 Å². The molecule has 11 rings (SSSR count). The minimum atomic E-state index is -1.03. The Morgan fingerprint density at radius 3 is 1.30 bits per heavy atom. The Kier molecular flexibility index (Phi) is 23.2. The van der Waals surface area contributed by atoms with Crippen LogP contribution in [0.2, 0.25) is 0 Å². The molecule has 17 nitrogen and oxygen atoms in total. The van der Waals surface area contributed by atoms with Crippen LogP contribution in [-0.4, -0.2) is 93.7 Å². The first-order valence-corrected chi connectivity index (χ1v) is 30.9. The highest BCUT2D eigenvalue weighted by Gasteiger charge is 2.20. The molecule has 0 aliphatic heterocycles. The molecule has 5 atom stereocenters. The van der Waals surface area contributed by atoms with E-state index >= 15 is 0 Å². The third-order valence-corrected chi connectivity index (χ3v) is 16.9. The van der Waals surface area contributed by atoms with Crippen molar-refractivity contribution in [1.29, 1.82) is 0 Å². The van der Waals surface area contributed by atoms with Gasteiger partial charge in [0.05, 0.1) is 16.9 Å². The molecule has 0 saturated heterocycles. The number of carbonyl (C=O) groups is 4. The molecule has 0 aliphatic carbocycles. The van der Waals surface area contributed by atoms with E-state index in [2.05, 4.69) is 151 Å². The number of H-pyrrole nitrogens is 5. The molecular weight excluding hydrogens is 1180 g/mol. The standard InChI is InChI=1S/C16H19N3S.C14H16BrNO.C14H17N3O.C13H15NO2.C11H12N2O3/c1-10-4-5-14-13(6-10)12(8-18-14)7-11(2)15-9-20-16(17-3)19-15;1-9-3-4-13-12(5-9)11(8-16-13)6-10(2)14(17)7-15;1-9-3-4-13-12(5-9)11(7-16-13)6-10(2)14(18)8-17-15;1-8-3-4-12-11(5-8)10(7-14-12)6-9(2)13(15)16;12-9(11(15)16)3-6-5-13-10-2-1-7(14)4-8(6)10/h4-6,8-9,11,18H,7H2,1-3H3,(H,17,19);3-5,8,10,16H,6-7H2,1-2H3;3-5,7,10,16-17H,6,8H2,1-2H3;3-5,7,9,14H,6H2,1-2H3,(H,15,16);1-2,4-5,9,13-14H,3,12H2,(H,15,16)/t11-;2*10-;2*9-/m00000/s1. The van der Waals surface area contributed by atoms with Crippen LogP contribution < -0.4 is 16.2 Å². The highest BCUT2D eigenvalue weighted by atomic mass is 79.9. The first kappa shape index (κ1) is 65.9. The van der Waals surface area contributed by atoms with Gasteiger partial charge in [0.15, 0.2) is 17.5 Å². The number of aromatic amines is 5. The lowest BCUT2D eigenvalue weighted by atomic mass is 9.96. The number of nitrogens with one attached hydrogen (secondary N) is 7. The van der Waals surface area contributed by atoms with E-state index < -0.39 is 18.0 Å². The largest absolute Gasteiger partial charge is 0.508 e. The molecule has 0 aliphatic rings. The number of nitrogens with zero attached hydrogens (tertiary/aromatic N) is 2. The topological polar surface area (TPSA) is 295 Å². The van der Waals surface area contributed by atoms with Gasteiger partial charge in [-0.15, -0.1) is 11.3 Å². The number of nitrogens with two attached hydrogens (primary N) is 1. The second-order valence-corrected chi connectivity index (χ2v) is 24.1. The molecule has 6 heterocycles. The van der Waals surface area contributed by atoms with Crippen molar-refractivity contribution < 1.29 is 39.6 Å². The number of alkyl halides is 1. The number of aliphatic carboxylic acids is 2. The summed E-state index contributed by atoms with van der Waals surface area (Å²) in [5.74, 6) is -1.33. The number of aryl methyl sites for hydroxylation is 4. The number of carboxylic acids is 2. The summed E-state index contributed by atoms with van der Waals surface area (Å²) in [5.41, 5.74) is 31.1. The van der Waals surface area contributed by atoms with Gasteiger partial charge in [0.1, 0.15) is 17.6 Å². The quantitative estimate of drug-likeness (QED) is 0.0269. The second-order valence-electron chi connectivity index (χ2n) is 22.6. The van der Waals surface area contributed by atoms with Gasteiger partial charge in [0, 0.05) is 122 Å². The number of hydrogen-bond acceptors (Lipinski definition) is 9. The average Bonchev–Trinajstić information content (AvgIpc) is 3.76. The van der Waals surface area contributed by atoms with E-state index in [0.717, 1.165) is 67.5 Å². The van der Waals surface area contributed by atoms with Crippen LogP contribution in [-0.2, 0) is 51.3 Å². The molecule has 11 aromatic rings. The predicted octanol–water partition coefficient (Wildman–Crippen LogP) is 12.8. The summed E-state index contributed by atoms with van der Waals surface area (Å²) in [5, 5.41) is 41.2. The number of carbonyl (C=O) groups excluding carboxylic acids is 2. The van der Waals surface area contributed by atoms with Crippen molar-refractivity contribution in [2.75, 3.05) is 24.2 Å². The van der Waals surface area contributed by atoms with E-state index in [1.54, 1.807) is 42.7 Å². The maximum absolute atomic E-state index is 11.6. The van der Waals surface area contributed by atoms with Crippen LogP contribution in [0.1, 0.15) is 89.4 Å². The highest BCUT2D eigenvalue weighted by Crippen LogP contribution is 2.30. The molecule has 0 amide bonds. The number of phenols is 1. The maximum Gasteiger partial charge on any atom is 0.320 e. The van der Waals surface area contributed by atoms with Crippen molar-refractivity contribution in [2.24, 2.45) is 23.5 Å². The van der Waals surface area contributed by atoms with Crippen LogP contribution in [0.3, 0.4) is 0 Å². The summed E-state index contributed by atoms with van der Waals surface area (Å²) in [7, 11) is 1.91. The van der Waals surface area contributed by atoms with Crippen molar-refractivity contribution in [3.63, 3.8) is 0 Å². The third-order valence-electron chi connectivity index (χ3n) is 15.5. The SMILES string of the molecule is CNc1nc([C@@H](C)Cc2c[nH]c3ccc(C)cc23)cs1.Cc1ccc2[nH]cc(C[C@H](C)C(=O)CBr)c2c1.Cc1ccc2[nH]cc(C[C@H](C)C(=O)C[NH+]=[N-])c2c1.Cc1ccc2[nH]cc(C[C@H](C)C(=O)O)c2c1.N[C@@H](Cc1c[nH]c2ccc(O)cc12)C(=O)O. The van der Waals surface area contributed by atoms with Gasteiger partial charge in [-0.25, -0.2) is 4.98 Å². The van der Waals surface area contributed by atoms with E-state index in [0.29, 0.717) is 24.1 Å². The first-order chi connectivity index (χ1) is 41.5. The van der Waals surface area contributed by atoms with Crippen LogP contribution in [0.4, 0.5) is 5.13 Å². The Bertz CT molecular complexity index is 4050. The van der Waals surface area contributed by atoms with Crippen LogP contribution in [0.25, 0.3) is 60.0 Å². The number of rotatable bonds is 19. The predicted molar refractivity (Wildman–Crippen MR) is 354 cm³/mol. The lowest BCUT2D eigenvalue weighted by molar-refractivity contribution is -0.468. The summed E-state index contributed by atoms with van der Waals surface area (Å²) < 4.78 is 0. The molecule has 12 N–H and O–H groups in total. The highest BCUT2D eigenvalue weighted by molar-refractivity contribution is 9.09. The number of hydrogen-bond donors (Lipinski definition) is 11. The van der Waals surface area contributed by atoms with Crippen molar-refractivity contribution in [1.82, 2.24) is 29.9 Å². The molecule has 0 radical (unpaired) electrons. The molecule has 6 aromatic heterocycles. The third kappa shape index (κ3) is 17.7. The number of aromatic nitrogens is 6. The minimum Gasteiger partial charge on any atom is -0.508 e. The Morgan fingerprint density at radius 1 is 0.563 bits per heavy atom. The zero-order valence-corrected chi connectivity index (χ0v) is 53.1. The van der Waals surface area contributed by atoms with E-state index in [9.17, 15) is 24.3 Å². The van der Waals surface area contributed by atoms with Gasteiger partial charge in [-0.05, 0) is 148 Å². The van der Waals surface area contributed by atoms with Gasteiger partial charge >= 0.3 is 11.9 Å². The Balaban J connectivity index is 0.000000156. The molecule has 5 aromatic carbocycles. The van der Waals surface area contributed by atoms with E-state index in [1.165, 1.54) is 60.8 Å². The number of thiazole rings is 1. The fraction of sp³-hybridized carbons (Fsp3) is 0.309. The molecule has 0 spiro atoms. The summed E-state index contributed by atoms with van der Waals surface area (Å²) in [6.07, 6.45) is 13.0. The average molecular weight is 1260 g/mol. The number of ketones is 2. The number of anilines is 1. The van der Waals surface area contributed by atoms with Crippen LogP contribution in [0, 0.1) is 45.4 Å². The monoisotopic (exact) mass is 1260 g/mol. The fourth-order valence-electron chi connectivity index (χ4n) is 10.3. The molecule has 0 unspecified atom stereocenters. The number of Topliss-reactive ketones (excluding diaryl/α,β-unsaturated/α-hetero) is 2. The summed E-state index contributed by atoms with van der Waals surface area (Å²) in [6, 6.07) is 29.3. The normalized spacial score (nSPS) is 12.8. The van der Waals surface area contributed by atoms with Gasteiger partial charge in [-0.2, -0.15) is 0 Å². The minimum absolute atomic E-state index is 0.00253. The molecule has 0 saturated carbocycles.